The predicted molar refractivity (Wildman–Crippen MR) is 39.9 cm³/mol. The third-order valence-corrected chi connectivity index (χ3v) is 1.48. The number of alkyl halides is 2. The van der Waals surface area contributed by atoms with E-state index in [2.05, 4.69) is 10.2 Å². The molecule has 0 saturated carbocycles. The normalized spacial score (nSPS) is 10.7. The fourth-order valence-electron chi connectivity index (χ4n) is 0.864. The van der Waals surface area contributed by atoms with E-state index in [1.807, 2.05) is 0 Å². The van der Waals surface area contributed by atoms with Crippen LogP contribution in [0.2, 0.25) is 0 Å². The summed E-state index contributed by atoms with van der Waals surface area (Å²) < 4.78 is 23.5. The maximum atomic E-state index is 11.7. The van der Waals surface area contributed by atoms with Crippen molar-refractivity contribution >= 4 is 5.97 Å². The maximum Gasteiger partial charge on any atom is 0.356 e. The monoisotopic (exact) mass is 190 g/mol. The highest BCUT2D eigenvalue weighted by molar-refractivity contribution is 5.85. The molecule has 0 saturated heterocycles. The predicted octanol–water partition coefficient (Wildman–Crippen LogP) is 1.31. The fraction of sp³-hybridized carbons (Fsp3) is 0.429. The summed E-state index contributed by atoms with van der Waals surface area (Å²) in [5.74, 6) is -1.17. The van der Waals surface area contributed by atoms with Gasteiger partial charge < -0.3 is 5.11 Å². The second kappa shape index (κ2) is 3.97. The summed E-state index contributed by atoms with van der Waals surface area (Å²) in [6.07, 6.45) is -2.56. The van der Waals surface area contributed by atoms with Crippen molar-refractivity contribution in [1.82, 2.24) is 10.2 Å². The molecule has 0 amide bonds. The Bertz CT molecular complexity index is 298. The number of aryl methyl sites for hydroxylation is 1. The SMILES string of the molecule is O=C(O)c1cc(CCC(F)F)[nH]n1. The topological polar surface area (TPSA) is 66.0 Å². The van der Waals surface area contributed by atoms with Crippen LogP contribution in [-0.2, 0) is 6.42 Å². The molecular weight excluding hydrogens is 182 g/mol. The smallest absolute Gasteiger partial charge is 0.356 e. The van der Waals surface area contributed by atoms with Crippen LogP contribution in [0.25, 0.3) is 0 Å². The maximum absolute atomic E-state index is 11.7. The molecule has 0 aliphatic carbocycles. The van der Waals surface area contributed by atoms with E-state index in [9.17, 15) is 13.6 Å². The number of carboxylic acid groups (broad SMARTS) is 1. The number of hydrogen-bond donors (Lipinski definition) is 2. The zero-order valence-corrected chi connectivity index (χ0v) is 6.63. The van der Waals surface area contributed by atoms with Gasteiger partial charge in [-0.2, -0.15) is 5.10 Å². The average Bonchev–Trinajstić information content (AvgIpc) is 2.48. The molecule has 0 fully saturated rings. The van der Waals surface area contributed by atoms with Crippen molar-refractivity contribution in [3.05, 3.63) is 17.5 Å². The van der Waals surface area contributed by atoms with E-state index in [1.165, 1.54) is 6.07 Å². The van der Waals surface area contributed by atoms with Gasteiger partial charge in [0, 0.05) is 12.1 Å². The van der Waals surface area contributed by atoms with Gasteiger partial charge in [0.1, 0.15) is 0 Å². The number of carboxylic acids is 1. The molecule has 1 heterocycles. The number of hydrogen-bond acceptors (Lipinski definition) is 2. The summed E-state index contributed by atoms with van der Waals surface area (Å²) >= 11 is 0. The minimum absolute atomic E-state index is 0.109. The summed E-state index contributed by atoms with van der Waals surface area (Å²) in [4.78, 5) is 10.3. The van der Waals surface area contributed by atoms with Gasteiger partial charge >= 0.3 is 5.97 Å². The molecule has 0 aromatic carbocycles. The Morgan fingerprint density at radius 3 is 2.85 bits per heavy atom. The largest absolute Gasteiger partial charge is 0.476 e. The van der Waals surface area contributed by atoms with Gasteiger partial charge in [-0.1, -0.05) is 0 Å². The van der Waals surface area contributed by atoms with Crippen LogP contribution < -0.4 is 0 Å². The van der Waals surface area contributed by atoms with Crippen LogP contribution in [0.4, 0.5) is 8.78 Å². The van der Waals surface area contributed by atoms with E-state index in [-0.39, 0.29) is 18.5 Å². The van der Waals surface area contributed by atoms with E-state index in [4.69, 9.17) is 5.11 Å². The number of H-pyrrole nitrogens is 1. The molecule has 4 nitrogen and oxygen atoms in total. The Hall–Kier alpha value is -1.46. The molecule has 13 heavy (non-hydrogen) atoms. The Balaban J connectivity index is 2.54. The van der Waals surface area contributed by atoms with Gasteiger partial charge in [0.05, 0.1) is 0 Å². The van der Waals surface area contributed by atoms with E-state index in [0.717, 1.165) is 0 Å². The number of rotatable bonds is 4. The fourth-order valence-corrected chi connectivity index (χ4v) is 0.864. The Labute approximate surface area is 72.6 Å². The molecule has 0 radical (unpaired) electrons. The Kier molecular flexibility index (Phi) is 2.94. The second-order valence-corrected chi connectivity index (χ2v) is 2.51. The van der Waals surface area contributed by atoms with Gasteiger partial charge in [-0.25, -0.2) is 13.6 Å². The zero-order valence-electron chi connectivity index (χ0n) is 6.63. The number of halogens is 2. The lowest BCUT2D eigenvalue weighted by atomic mass is 10.2. The van der Waals surface area contributed by atoms with Crippen LogP contribution in [0, 0.1) is 0 Å². The van der Waals surface area contributed by atoms with Crippen molar-refractivity contribution in [1.29, 1.82) is 0 Å². The molecule has 1 rings (SSSR count). The summed E-state index contributed by atoms with van der Waals surface area (Å²) in [7, 11) is 0. The van der Waals surface area contributed by atoms with Crippen molar-refractivity contribution in [3.8, 4) is 0 Å². The van der Waals surface area contributed by atoms with Gasteiger partial charge in [0.15, 0.2) is 5.69 Å². The van der Waals surface area contributed by atoms with Crippen LogP contribution in [0.3, 0.4) is 0 Å². The molecule has 0 aliphatic rings. The quantitative estimate of drug-likeness (QED) is 0.752. The van der Waals surface area contributed by atoms with E-state index in [1.54, 1.807) is 0 Å². The number of aromatic carboxylic acids is 1. The van der Waals surface area contributed by atoms with Crippen molar-refractivity contribution in [2.24, 2.45) is 0 Å². The molecule has 0 atom stereocenters. The molecule has 0 spiro atoms. The lowest BCUT2D eigenvalue weighted by molar-refractivity contribution is 0.0690. The van der Waals surface area contributed by atoms with Crippen LogP contribution >= 0.6 is 0 Å². The summed E-state index contributed by atoms with van der Waals surface area (Å²) in [5.41, 5.74) is 0.266. The first-order valence-electron chi connectivity index (χ1n) is 3.65. The van der Waals surface area contributed by atoms with E-state index in [0.29, 0.717) is 5.69 Å². The van der Waals surface area contributed by atoms with Crippen molar-refractivity contribution in [3.63, 3.8) is 0 Å². The van der Waals surface area contributed by atoms with Gasteiger partial charge in [-0.15, -0.1) is 0 Å². The third-order valence-electron chi connectivity index (χ3n) is 1.48. The molecule has 1 aromatic rings. The number of aromatic nitrogens is 2. The zero-order chi connectivity index (χ0) is 9.84. The highest BCUT2D eigenvalue weighted by Gasteiger charge is 2.09. The van der Waals surface area contributed by atoms with Gasteiger partial charge in [-0.3, -0.25) is 5.10 Å². The Morgan fingerprint density at radius 1 is 1.69 bits per heavy atom. The van der Waals surface area contributed by atoms with Gasteiger partial charge in [0.2, 0.25) is 6.43 Å². The molecule has 1 aromatic heterocycles. The summed E-state index contributed by atoms with van der Waals surface area (Å²) in [6, 6.07) is 1.25. The first kappa shape index (κ1) is 9.63. The van der Waals surface area contributed by atoms with Crippen LogP contribution in [0.15, 0.2) is 6.07 Å². The molecule has 6 heteroatoms. The molecular formula is C7H8F2N2O2. The summed E-state index contributed by atoms with van der Waals surface area (Å²) in [5, 5.41) is 14.2. The third kappa shape index (κ3) is 2.81. The van der Waals surface area contributed by atoms with E-state index < -0.39 is 12.4 Å². The van der Waals surface area contributed by atoms with Crippen LogP contribution in [-0.4, -0.2) is 27.7 Å². The van der Waals surface area contributed by atoms with Crippen LogP contribution in [0.5, 0.6) is 0 Å². The minimum atomic E-state index is -2.38. The number of nitrogens with zero attached hydrogens (tertiary/aromatic N) is 1. The van der Waals surface area contributed by atoms with Crippen molar-refractivity contribution in [2.75, 3.05) is 0 Å². The lowest BCUT2D eigenvalue weighted by Gasteiger charge is -1.94. The first-order valence-corrected chi connectivity index (χ1v) is 3.65. The van der Waals surface area contributed by atoms with Crippen molar-refractivity contribution < 1.29 is 18.7 Å². The molecule has 72 valence electrons. The molecule has 0 aliphatic heterocycles. The average molecular weight is 190 g/mol. The van der Waals surface area contributed by atoms with Gasteiger partial charge in [-0.05, 0) is 12.5 Å². The lowest BCUT2D eigenvalue weighted by Crippen LogP contribution is -1.95. The highest BCUT2D eigenvalue weighted by atomic mass is 19.3. The molecule has 0 bridgehead atoms. The standard InChI is InChI=1S/C7H8F2N2O2/c8-6(9)2-1-4-3-5(7(12)13)11-10-4/h3,6H,1-2H2,(H,10,11)(H,12,13). The second-order valence-electron chi connectivity index (χ2n) is 2.51. The molecule has 2 N–H and O–H groups in total. The van der Waals surface area contributed by atoms with E-state index >= 15 is 0 Å². The molecule has 0 unspecified atom stereocenters. The minimum Gasteiger partial charge on any atom is -0.476 e. The summed E-state index contributed by atoms with van der Waals surface area (Å²) in [6.45, 7) is 0. The Morgan fingerprint density at radius 2 is 2.38 bits per heavy atom. The first-order chi connectivity index (χ1) is 6.09. The number of carbonyl (C=O) groups is 1. The van der Waals surface area contributed by atoms with Crippen LogP contribution in [0.1, 0.15) is 22.6 Å². The number of nitrogens with one attached hydrogen (secondary N) is 1. The number of aromatic amines is 1. The van der Waals surface area contributed by atoms with Gasteiger partial charge in [0.25, 0.3) is 0 Å². The highest BCUT2D eigenvalue weighted by Crippen LogP contribution is 2.07. The van der Waals surface area contributed by atoms with Crippen molar-refractivity contribution in [2.45, 2.75) is 19.3 Å².